The van der Waals surface area contributed by atoms with Crippen LogP contribution in [0.25, 0.3) is 86.9 Å². The normalized spacial score (nSPS) is 12.9. The zero-order valence-electron chi connectivity index (χ0n) is 41.0. The molecule has 0 N–H and O–H groups in total. The van der Waals surface area contributed by atoms with Gasteiger partial charge in [-0.15, -0.1) is 0 Å². The minimum absolute atomic E-state index is 0.623. The maximum Gasteiger partial charge on any atom is 0.0731 e. The summed E-state index contributed by atoms with van der Waals surface area (Å²) in [6, 6.07) is 104. The minimum atomic E-state index is -0.623. The van der Waals surface area contributed by atoms with Gasteiger partial charge in [0.1, 0.15) is 0 Å². The van der Waals surface area contributed by atoms with Gasteiger partial charge in [-0.25, -0.2) is 0 Å². The number of fused-ring (bicyclic) bond motifs is 15. The molecule has 0 unspecified atom stereocenters. The van der Waals surface area contributed by atoms with Gasteiger partial charge in [0.15, 0.2) is 0 Å². The van der Waals surface area contributed by atoms with Crippen LogP contribution in [0, 0.1) is 0 Å². The van der Waals surface area contributed by atoms with E-state index in [2.05, 4.69) is 289 Å². The summed E-state index contributed by atoms with van der Waals surface area (Å²) >= 11 is 0. The van der Waals surface area contributed by atoms with Crippen molar-refractivity contribution < 1.29 is 0 Å². The summed E-state index contributed by atoms with van der Waals surface area (Å²) < 4.78 is 0. The molecule has 0 fully saturated rings. The molecule has 0 amide bonds. The third-order valence-electron chi connectivity index (χ3n) is 16.5. The van der Waals surface area contributed by atoms with Crippen molar-refractivity contribution in [2.24, 2.45) is 0 Å². The number of hydrogen-bond acceptors (Lipinski definition) is 2. The smallest absolute Gasteiger partial charge is 0.0731 e. The summed E-state index contributed by atoms with van der Waals surface area (Å²) in [6.07, 6.45) is 0. The third kappa shape index (κ3) is 6.14. The van der Waals surface area contributed by atoms with Gasteiger partial charge in [-0.1, -0.05) is 212 Å². The molecule has 14 aromatic carbocycles. The Hall–Kier alpha value is -9.76. The molecule has 0 bridgehead atoms. The van der Waals surface area contributed by atoms with Gasteiger partial charge in [0, 0.05) is 33.8 Å². The van der Waals surface area contributed by atoms with Crippen LogP contribution in [0.5, 0.6) is 0 Å². The van der Waals surface area contributed by atoms with Crippen LogP contribution in [0.15, 0.2) is 279 Å². The van der Waals surface area contributed by atoms with Gasteiger partial charge in [-0.2, -0.15) is 0 Å². The molecule has 0 aliphatic heterocycles. The van der Waals surface area contributed by atoms with Gasteiger partial charge in [0.2, 0.25) is 0 Å². The Bertz CT molecular complexity index is 4490. The van der Waals surface area contributed by atoms with Crippen molar-refractivity contribution in [2.75, 3.05) is 9.80 Å². The van der Waals surface area contributed by atoms with Crippen molar-refractivity contribution in [1.29, 1.82) is 0 Å². The predicted octanol–water partition coefficient (Wildman–Crippen LogP) is 19.9. The van der Waals surface area contributed by atoms with Crippen LogP contribution in [0.2, 0.25) is 0 Å². The molecule has 2 aliphatic rings. The van der Waals surface area contributed by atoms with Crippen LogP contribution in [0.3, 0.4) is 0 Å². The third-order valence-corrected chi connectivity index (χ3v) is 16.5. The van der Waals surface area contributed by atoms with E-state index in [0.29, 0.717) is 0 Å². The molecule has 0 atom stereocenters. The molecule has 0 radical (unpaired) electrons. The van der Waals surface area contributed by atoms with Gasteiger partial charge in [-0.05, 0) is 170 Å². The molecule has 0 aromatic heterocycles. The second-order valence-electron chi connectivity index (χ2n) is 20.4. The first kappa shape index (κ1) is 41.8. The van der Waals surface area contributed by atoms with E-state index in [0.717, 1.165) is 34.1 Å². The van der Waals surface area contributed by atoms with Gasteiger partial charge >= 0.3 is 0 Å². The first-order valence-electron chi connectivity index (χ1n) is 26.1. The number of nitrogens with zero attached hydrogens (tertiary/aromatic N) is 2. The molecule has 2 aliphatic carbocycles. The summed E-state index contributed by atoms with van der Waals surface area (Å²) in [7, 11) is 0. The molecule has 75 heavy (non-hydrogen) atoms. The molecule has 2 heteroatoms. The Morgan fingerprint density at radius 1 is 0.227 bits per heavy atom. The summed E-state index contributed by atoms with van der Waals surface area (Å²) in [4.78, 5) is 4.92. The lowest BCUT2D eigenvalue weighted by atomic mass is 9.60. The highest BCUT2D eigenvalue weighted by Crippen LogP contribution is 2.64. The lowest BCUT2D eigenvalue weighted by molar-refractivity contribution is 0.781. The van der Waals surface area contributed by atoms with E-state index in [-0.39, 0.29) is 0 Å². The highest BCUT2D eigenvalue weighted by Gasteiger charge is 2.51. The van der Waals surface area contributed by atoms with E-state index >= 15 is 0 Å². The number of rotatable bonds is 6. The van der Waals surface area contributed by atoms with Gasteiger partial charge in [0.25, 0.3) is 0 Å². The van der Waals surface area contributed by atoms with E-state index in [1.54, 1.807) is 0 Å². The van der Waals surface area contributed by atoms with Crippen molar-refractivity contribution in [3.63, 3.8) is 0 Å². The van der Waals surface area contributed by atoms with Crippen LogP contribution in [-0.2, 0) is 5.41 Å². The van der Waals surface area contributed by atoms with Crippen LogP contribution < -0.4 is 9.80 Å². The summed E-state index contributed by atoms with van der Waals surface area (Å²) in [5.41, 5.74) is 16.5. The highest BCUT2D eigenvalue weighted by atomic mass is 15.1. The number of anilines is 6. The Kier molecular flexibility index (Phi) is 8.99. The fourth-order valence-corrected chi connectivity index (χ4v) is 13.3. The zero-order chi connectivity index (χ0) is 49.2. The average Bonchev–Trinajstić information content (AvgIpc) is 3.86. The molecule has 0 saturated carbocycles. The van der Waals surface area contributed by atoms with Gasteiger partial charge in [-0.3, -0.25) is 0 Å². The SMILES string of the molecule is c1ccc2c(c1)-c1ccccc1C21c2c(ccc3cc(N(c4ccc5ccccc5c4)c4ccc5ccccc5c4)ccc23)-c2ccc(N(c3ccc4ccccc4c3)c3ccc4ccccc4c3)c3cccc1c23. The first-order valence-corrected chi connectivity index (χ1v) is 26.1. The van der Waals surface area contributed by atoms with Crippen LogP contribution in [0.1, 0.15) is 22.3 Å². The zero-order valence-corrected chi connectivity index (χ0v) is 41.0. The molecule has 1 spiro atoms. The molecule has 16 rings (SSSR count). The molecular weight excluding hydrogens is 905 g/mol. The number of hydrogen-bond donors (Lipinski definition) is 0. The van der Waals surface area contributed by atoms with Crippen molar-refractivity contribution in [2.45, 2.75) is 5.41 Å². The second-order valence-corrected chi connectivity index (χ2v) is 20.4. The quantitative estimate of drug-likeness (QED) is 0.164. The highest BCUT2D eigenvalue weighted by molar-refractivity contribution is 6.15. The van der Waals surface area contributed by atoms with Crippen LogP contribution >= 0.6 is 0 Å². The van der Waals surface area contributed by atoms with Gasteiger partial charge in [0.05, 0.1) is 11.1 Å². The second kappa shape index (κ2) is 16.1. The van der Waals surface area contributed by atoms with Gasteiger partial charge < -0.3 is 9.80 Å². The van der Waals surface area contributed by atoms with Crippen molar-refractivity contribution in [3.8, 4) is 22.3 Å². The monoisotopic (exact) mass is 950 g/mol. The fraction of sp³-hybridized carbons (Fsp3) is 0.0137. The standard InChI is InChI=1S/C73H46N2/c1-5-18-51-42-56(33-28-47(51)14-1)74(57-34-29-48-15-2-6-19-52(48)43-57)58-37-39-61-55(46-58)32-38-65-64-40-41-70(75(59-35-30-49-16-3-7-20-53(49)44-59)60-36-31-50-17-4-8-21-54(50)45-60)66-24-13-27-69(71(64)66)73(72(61)65)67-25-11-9-22-62(67)63-23-10-12-26-68(63)73/h1-46H. The molecule has 0 heterocycles. The van der Waals surface area contributed by atoms with Crippen LogP contribution in [0.4, 0.5) is 34.1 Å². The Labute approximate surface area is 435 Å². The van der Waals surface area contributed by atoms with Crippen LogP contribution in [-0.4, -0.2) is 0 Å². The topological polar surface area (TPSA) is 6.48 Å². The van der Waals surface area contributed by atoms with E-state index in [9.17, 15) is 0 Å². The Morgan fingerprint density at radius 2 is 0.613 bits per heavy atom. The first-order chi connectivity index (χ1) is 37.2. The largest absolute Gasteiger partial charge is 0.310 e. The Balaban J connectivity index is 0.966. The lowest BCUT2D eigenvalue weighted by Gasteiger charge is -2.41. The van der Waals surface area contributed by atoms with E-state index in [1.807, 2.05) is 0 Å². The summed E-state index contributed by atoms with van der Waals surface area (Å²) in [5, 5.41) is 14.7. The summed E-state index contributed by atoms with van der Waals surface area (Å²) in [6.45, 7) is 0. The maximum absolute atomic E-state index is 2.49. The molecule has 14 aromatic rings. The molecule has 0 saturated heterocycles. The molecule has 348 valence electrons. The molecular formula is C73H46N2. The fourth-order valence-electron chi connectivity index (χ4n) is 13.3. The van der Waals surface area contributed by atoms with Crippen molar-refractivity contribution in [3.05, 3.63) is 301 Å². The minimum Gasteiger partial charge on any atom is -0.310 e. The Morgan fingerprint density at radius 3 is 1.12 bits per heavy atom. The van der Waals surface area contributed by atoms with E-state index < -0.39 is 5.41 Å². The predicted molar refractivity (Wildman–Crippen MR) is 317 cm³/mol. The van der Waals surface area contributed by atoms with E-state index in [1.165, 1.54) is 109 Å². The molecule has 2 nitrogen and oxygen atoms in total. The maximum atomic E-state index is 2.49. The van der Waals surface area contributed by atoms with Crippen molar-refractivity contribution in [1.82, 2.24) is 0 Å². The lowest BCUT2D eigenvalue weighted by Crippen LogP contribution is -2.32. The van der Waals surface area contributed by atoms with E-state index in [4.69, 9.17) is 0 Å². The average molecular weight is 951 g/mol. The van der Waals surface area contributed by atoms with Crippen molar-refractivity contribution >= 4 is 98.8 Å². The number of benzene rings is 14. The summed E-state index contributed by atoms with van der Waals surface area (Å²) in [5.74, 6) is 0.